The lowest BCUT2D eigenvalue weighted by molar-refractivity contribution is -0.136. The van der Waals surface area contributed by atoms with E-state index in [4.69, 9.17) is 32.9 Å². The molecule has 7 heteroatoms. The maximum absolute atomic E-state index is 12.9. The molecule has 0 bridgehead atoms. The van der Waals surface area contributed by atoms with Gasteiger partial charge in [0.1, 0.15) is 11.9 Å². The molecule has 2 aliphatic heterocycles. The molecule has 1 aromatic carbocycles. The molecule has 1 atom stereocenters. The first-order valence-corrected chi connectivity index (χ1v) is 9.28. The van der Waals surface area contributed by atoms with Gasteiger partial charge in [0, 0.05) is 25.0 Å². The van der Waals surface area contributed by atoms with Gasteiger partial charge in [0.15, 0.2) is 0 Å². The van der Waals surface area contributed by atoms with Crippen LogP contribution in [0.3, 0.4) is 0 Å². The highest BCUT2D eigenvalue weighted by Gasteiger charge is 2.35. The number of benzene rings is 1. The topological polar surface area (TPSA) is 45.7 Å². The average molecular weight is 380 g/mol. The van der Waals surface area contributed by atoms with Crippen LogP contribution in [-0.4, -0.2) is 54.7 Å². The van der Waals surface area contributed by atoms with E-state index in [0.29, 0.717) is 41.9 Å². The number of rotatable bonds is 2. The Hall–Kier alpha value is -1.56. The molecule has 4 rings (SSSR count). The quantitative estimate of drug-likeness (QED) is 0.802. The zero-order valence-electron chi connectivity index (χ0n) is 13.8. The van der Waals surface area contributed by atoms with Crippen LogP contribution in [-0.2, 0) is 9.53 Å². The van der Waals surface area contributed by atoms with Gasteiger partial charge < -0.3 is 14.5 Å². The fourth-order valence-electron chi connectivity index (χ4n) is 3.59. The van der Waals surface area contributed by atoms with E-state index in [1.807, 2.05) is 17.0 Å². The van der Waals surface area contributed by atoms with Crippen molar-refractivity contribution >= 4 is 45.8 Å². The van der Waals surface area contributed by atoms with E-state index in [1.54, 1.807) is 12.1 Å². The van der Waals surface area contributed by atoms with Crippen molar-refractivity contribution in [2.75, 3.05) is 37.7 Å². The van der Waals surface area contributed by atoms with E-state index in [9.17, 15) is 4.79 Å². The van der Waals surface area contributed by atoms with Crippen LogP contribution in [0.25, 0.3) is 10.9 Å². The molecule has 3 heterocycles. The lowest BCUT2D eigenvalue weighted by Gasteiger charge is -2.33. The minimum absolute atomic E-state index is 0.166. The summed E-state index contributed by atoms with van der Waals surface area (Å²) in [7, 11) is 0. The number of carbonyl (C=O) groups is 1. The van der Waals surface area contributed by atoms with Crippen molar-refractivity contribution in [3.8, 4) is 0 Å². The number of carbonyl (C=O) groups excluding carboxylic acids is 1. The number of morpholine rings is 1. The molecule has 0 spiro atoms. The molecular formula is C18H19Cl2N3O2. The van der Waals surface area contributed by atoms with Crippen molar-refractivity contribution in [2.24, 2.45) is 0 Å². The van der Waals surface area contributed by atoms with Crippen molar-refractivity contribution in [3.63, 3.8) is 0 Å². The Balaban J connectivity index is 1.64. The number of aromatic nitrogens is 1. The van der Waals surface area contributed by atoms with Crippen LogP contribution in [0, 0.1) is 0 Å². The highest BCUT2D eigenvalue weighted by atomic mass is 35.5. The van der Waals surface area contributed by atoms with E-state index in [-0.39, 0.29) is 11.9 Å². The molecule has 2 aliphatic rings. The lowest BCUT2D eigenvalue weighted by Crippen LogP contribution is -2.50. The normalized spacial score (nSPS) is 21.1. The first-order chi connectivity index (χ1) is 12.1. The predicted molar refractivity (Wildman–Crippen MR) is 99.5 cm³/mol. The summed E-state index contributed by atoms with van der Waals surface area (Å²) >= 11 is 12.5. The SMILES string of the molecule is O=C(C1CCCN1c1ccc2c(Cl)ccc(Cl)c2n1)N1CCOCC1. The Morgan fingerprint density at radius 2 is 1.84 bits per heavy atom. The van der Waals surface area contributed by atoms with E-state index in [2.05, 4.69) is 4.90 Å². The number of hydrogen-bond donors (Lipinski definition) is 0. The molecule has 25 heavy (non-hydrogen) atoms. The van der Waals surface area contributed by atoms with Gasteiger partial charge in [0.05, 0.1) is 28.8 Å². The van der Waals surface area contributed by atoms with Crippen LogP contribution in [0.1, 0.15) is 12.8 Å². The summed E-state index contributed by atoms with van der Waals surface area (Å²) in [5, 5.41) is 2.02. The Morgan fingerprint density at radius 3 is 2.64 bits per heavy atom. The Kier molecular flexibility index (Phi) is 4.71. The summed E-state index contributed by atoms with van der Waals surface area (Å²) in [6, 6.07) is 7.22. The average Bonchev–Trinajstić information content (AvgIpc) is 3.14. The smallest absolute Gasteiger partial charge is 0.245 e. The number of nitrogens with zero attached hydrogens (tertiary/aromatic N) is 3. The van der Waals surface area contributed by atoms with Gasteiger partial charge in [-0.2, -0.15) is 0 Å². The molecule has 5 nitrogen and oxygen atoms in total. The first-order valence-electron chi connectivity index (χ1n) is 8.53. The second kappa shape index (κ2) is 6.98. The molecule has 132 valence electrons. The minimum Gasteiger partial charge on any atom is -0.378 e. The third-order valence-corrected chi connectivity index (χ3v) is 5.53. The summed E-state index contributed by atoms with van der Waals surface area (Å²) in [5.74, 6) is 0.945. The van der Waals surface area contributed by atoms with Gasteiger partial charge in [-0.1, -0.05) is 23.2 Å². The minimum atomic E-state index is -0.166. The number of halogens is 2. The van der Waals surface area contributed by atoms with Crippen molar-refractivity contribution in [1.29, 1.82) is 0 Å². The molecular weight excluding hydrogens is 361 g/mol. The number of hydrogen-bond acceptors (Lipinski definition) is 4. The molecule has 0 N–H and O–H groups in total. The van der Waals surface area contributed by atoms with Crippen molar-refractivity contribution in [1.82, 2.24) is 9.88 Å². The van der Waals surface area contributed by atoms with Gasteiger partial charge in [0.2, 0.25) is 5.91 Å². The summed E-state index contributed by atoms with van der Waals surface area (Å²) in [6.07, 6.45) is 1.82. The summed E-state index contributed by atoms with van der Waals surface area (Å²) in [4.78, 5) is 21.6. The third kappa shape index (κ3) is 3.16. The fraction of sp³-hybridized carbons (Fsp3) is 0.444. The maximum Gasteiger partial charge on any atom is 0.245 e. The number of amides is 1. The maximum atomic E-state index is 12.9. The van der Waals surface area contributed by atoms with Crippen molar-refractivity contribution in [2.45, 2.75) is 18.9 Å². The Labute approximate surface area is 156 Å². The zero-order valence-corrected chi connectivity index (χ0v) is 15.3. The first kappa shape index (κ1) is 16.9. The summed E-state index contributed by atoms with van der Waals surface area (Å²) < 4.78 is 5.35. The summed E-state index contributed by atoms with van der Waals surface area (Å²) in [6.45, 7) is 3.37. The number of anilines is 1. The van der Waals surface area contributed by atoms with Crippen LogP contribution < -0.4 is 4.90 Å². The van der Waals surface area contributed by atoms with Crippen LogP contribution >= 0.6 is 23.2 Å². The number of pyridine rings is 1. The van der Waals surface area contributed by atoms with Crippen molar-refractivity contribution < 1.29 is 9.53 Å². The van der Waals surface area contributed by atoms with Crippen molar-refractivity contribution in [3.05, 3.63) is 34.3 Å². The molecule has 1 amide bonds. The molecule has 0 aliphatic carbocycles. The second-order valence-corrected chi connectivity index (χ2v) is 7.20. The van der Waals surface area contributed by atoms with Crippen LogP contribution in [0.4, 0.5) is 5.82 Å². The van der Waals surface area contributed by atoms with E-state index >= 15 is 0 Å². The standard InChI is InChI=1S/C18H19Cl2N3O2/c19-13-4-5-14(20)17-12(13)3-6-16(21-17)23-7-1-2-15(23)18(24)22-8-10-25-11-9-22/h3-6,15H,1-2,7-11H2. The van der Waals surface area contributed by atoms with E-state index in [0.717, 1.165) is 30.6 Å². The molecule has 2 saturated heterocycles. The van der Waals surface area contributed by atoms with Gasteiger partial charge in [-0.25, -0.2) is 4.98 Å². The van der Waals surface area contributed by atoms with Gasteiger partial charge in [-0.05, 0) is 37.1 Å². The second-order valence-electron chi connectivity index (χ2n) is 6.38. The van der Waals surface area contributed by atoms with Gasteiger partial charge in [-0.15, -0.1) is 0 Å². The van der Waals surface area contributed by atoms with Crippen LogP contribution in [0.2, 0.25) is 10.0 Å². The number of ether oxygens (including phenoxy) is 1. The molecule has 2 fully saturated rings. The highest BCUT2D eigenvalue weighted by molar-refractivity contribution is 6.39. The predicted octanol–water partition coefficient (Wildman–Crippen LogP) is 3.37. The molecule has 0 saturated carbocycles. The van der Waals surface area contributed by atoms with Crippen LogP contribution in [0.15, 0.2) is 24.3 Å². The molecule has 0 radical (unpaired) electrons. The molecule has 1 unspecified atom stereocenters. The highest BCUT2D eigenvalue weighted by Crippen LogP contribution is 2.32. The fourth-order valence-corrected chi connectivity index (χ4v) is 4.01. The van der Waals surface area contributed by atoms with E-state index in [1.165, 1.54) is 0 Å². The summed E-state index contributed by atoms with van der Waals surface area (Å²) in [5.41, 5.74) is 0.677. The van der Waals surface area contributed by atoms with Gasteiger partial charge >= 0.3 is 0 Å². The van der Waals surface area contributed by atoms with E-state index < -0.39 is 0 Å². The molecule has 2 aromatic rings. The van der Waals surface area contributed by atoms with Gasteiger partial charge in [-0.3, -0.25) is 4.79 Å². The largest absolute Gasteiger partial charge is 0.378 e. The molecule has 1 aromatic heterocycles. The Morgan fingerprint density at radius 1 is 1.08 bits per heavy atom. The monoisotopic (exact) mass is 379 g/mol. The lowest BCUT2D eigenvalue weighted by atomic mass is 10.1. The Bertz CT molecular complexity index is 808. The third-order valence-electron chi connectivity index (χ3n) is 4.89. The van der Waals surface area contributed by atoms with Gasteiger partial charge in [0.25, 0.3) is 0 Å². The number of fused-ring (bicyclic) bond motifs is 1. The van der Waals surface area contributed by atoms with Crippen LogP contribution in [0.5, 0.6) is 0 Å². The zero-order chi connectivity index (χ0) is 17.4.